The number of rotatable bonds is 6. The van der Waals surface area contributed by atoms with Crippen molar-refractivity contribution in [1.29, 1.82) is 0 Å². The number of methoxy groups -OCH3 is 1. The summed E-state index contributed by atoms with van der Waals surface area (Å²) in [6.07, 6.45) is 0. The van der Waals surface area contributed by atoms with E-state index < -0.39 is 0 Å². The predicted molar refractivity (Wildman–Crippen MR) is 72.2 cm³/mol. The number of hydrogen-bond donors (Lipinski definition) is 1. The molecule has 0 aliphatic heterocycles. The van der Waals surface area contributed by atoms with E-state index >= 15 is 0 Å². The molecule has 0 radical (unpaired) electrons. The first kappa shape index (κ1) is 13.4. The highest BCUT2D eigenvalue weighted by molar-refractivity contribution is 5.31. The first-order valence-corrected chi connectivity index (χ1v) is 6.04. The van der Waals surface area contributed by atoms with Gasteiger partial charge >= 0.3 is 6.01 Å². The minimum Gasteiger partial charge on any atom is -0.497 e. The van der Waals surface area contributed by atoms with Gasteiger partial charge in [-0.3, -0.25) is 0 Å². The summed E-state index contributed by atoms with van der Waals surface area (Å²) in [5.74, 6) is 1.43. The van der Waals surface area contributed by atoms with E-state index in [9.17, 15) is 0 Å². The second-order valence-electron chi connectivity index (χ2n) is 4.21. The smallest absolute Gasteiger partial charge is 0.318 e. The molecule has 1 aromatic carbocycles. The van der Waals surface area contributed by atoms with Gasteiger partial charge in [-0.05, 0) is 24.7 Å². The molecule has 1 N–H and O–H groups in total. The summed E-state index contributed by atoms with van der Waals surface area (Å²) in [6, 6.07) is 8.41. The van der Waals surface area contributed by atoms with Crippen LogP contribution in [0.5, 0.6) is 5.75 Å². The second kappa shape index (κ2) is 6.19. The van der Waals surface area contributed by atoms with E-state index in [0.717, 1.165) is 11.3 Å². The minimum atomic E-state index is 0.515. The van der Waals surface area contributed by atoms with Crippen LogP contribution in [-0.2, 0) is 13.1 Å². The van der Waals surface area contributed by atoms with Gasteiger partial charge in [-0.15, -0.1) is 5.10 Å². The van der Waals surface area contributed by atoms with Crippen LogP contribution in [0.4, 0.5) is 6.01 Å². The lowest BCUT2D eigenvalue weighted by Gasteiger charge is -2.14. The molecule has 0 unspecified atom stereocenters. The van der Waals surface area contributed by atoms with Crippen LogP contribution in [-0.4, -0.2) is 31.4 Å². The first-order valence-electron chi connectivity index (χ1n) is 6.04. The Balaban J connectivity index is 2.00. The standard InChI is InChI=1S/C13H18N4O2/c1-14-8-12-15-16-13(19-12)17(2)9-10-4-6-11(18-3)7-5-10/h4-7,14H,8-9H2,1-3H3. The molecule has 1 heterocycles. The normalized spacial score (nSPS) is 10.5. The first-order chi connectivity index (χ1) is 9.22. The summed E-state index contributed by atoms with van der Waals surface area (Å²) in [5.41, 5.74) is 1.15. The van der Waals surface area contributed by atoms with E-state index in [1.807, 2.05) is 43.3 Å². The topological polar surface area (TPSA) is 63.4 Å². The lowest BCUT2D eigenvalue weighted by atomic mass is 10.2. The molecule has 0 saturated heterocycles. The molecule has 0 fully saturated rings. The van der Waals surface area contributed by atoms with Crippen molar-refractivity contribution in [2.75, 3.05) is 26.1 Å². The fraction of sp³-hybridized carbons (Fsp3) is 0.385. The van der Waals surface area contributed by atoms with Gasteiger partial charge in [0.25, 0.3) is 0 Å². The van der Waals surface area contributed by atoms with Crippen molar-refractivity contribution >= 4 is 6.01 Å². The van der Waals surface area contributed by atoms with Crippen LogP contribution in [0, 0.1) is 0 Å². The molecule has 0 aliphatic rings. The number of benzene rings is 1. The summed E-state index contributed by atoms with van der Waals surface area (Å²) < 4.78 is 10.6. The van der Waals surface area contributed by atoms with Gasteiger partial charge in [0, 0.05) is 13.6 Å². The van der Waals surface area contributed by atoms with Gasteiger partial charge in [-0.1, -0.05) is 17.2 Å². The zero-order chi connectivity index (χ0) is 13.7. The molecule has 19 heavy (non-hydrogen) atoms. The summed E-state index contributed by atoms with van der Waals surface area (Å²) in [5, 5.41) is 10.9. The van der Waals surface area contributed by atoms with E-state index in [2.05, 4.69) is 15.5 Å². The lowest BCUT2D eigenvalue weighted by Crippen LogP contribution is -2.16. The second-order valence-corrected chi connectivity index (χ2v) is 4.21. The van der Waals surface area contributed by atoms with Crippen LogP contribution in [0.25, 0.3) is 0 Å². The van der Waals surface area contributed by atoms with Crippen molar-refractivity contribution < 1.29 is 9.15 Å². The van der Waals surface area contributed by atoms with Crippen LogP contribution < -0.4 is 15.0 Å². The molecule has 0 bridgehead atoms. The van der Waals surface area contributed by atoms with Crippen LogP contribution in [0.2, 0.25) is 0 Å². The van der Waals surface area contributed by atoms with E-state index in [1.165, 1.54) is 0 Å². The van der Waals surface area contributed by atoms with Crippen molar-refractivity contribution in [3.8, 4) is 5.75 Å². The Hall–Kier alpha value is -2.08. The number of nitrogens with one attached hydrogen (secondary N) is 1. The Bertz CT molecular complexity index is 510. The van der Waals surface area contributed by atoms with Gasteiger partial charge in [0.05, 0.1) is 13.7 Å². The van der Waals surface area contributed by atoms with E-state index in [-0.39, 0.29) is 0 Å². The summed E-state index contributed by atoms with van der Waals surface area (Å²) in [6.45, 7) is 1.27. The molecule has 0 saturated carbocycles. The van der Waals surface area contributed by atoms with Gasteiger partial charge in [-0.25, -0.2) is 0 Å². The minimum absolute atomic E-state index is 0.515. The third-order valence-electron chi connectivity index (χ3n) is 2.69. The molecule has 0 spiro atoms. The molecule has 0 aliphatic carbocycles. The fourth-order valence-electron chi connectivity index (χ4n) is 1.69. The van der Waals surface area contributed by atoms with Crippen molar-refractivity contribution in [3.63, 3.8) is 0 Å². The molecule has 102 valence electrons. The van der Waals surface area contributed by atoms with Gasteiger partial charge < -0.3 is 19.4 Å². The molecule has 0 amide bonds. The van der Waals surface area contributed by atoms with Crippen molar-refractivity contribution in [2.45, 2.75) is 13.1 Å². The third kappa shape index (κ3) is 3.45. The third-order valence-corrected chi connectivity index (χ3v) is 2.69. The van der Waals surface area contributed by atoms with Gasteiger partial charge in [0.2, 0.25) is 5.89 Å². The number of nitrogens with zero attached hydrogens (tertiary/aromatic N) is 3. The maximum absolute atomic E-state index is 5.52. The molecule has 0 atom stereocenters. The number of aromatic nitrogens is 2. The predicted octanol–water partition coefficient (Wildman–Crippen LogP) is 1.43. The van der Waals surface area contributed by atoms with Crippen LogP contribution in [0.3, 0.4) is 0 Å². The summed E-state index contributed by atoms with van der Waals surface area (Å²) >= 11 is 0. The summed E-state index contributed by atoms with van der Waals surface area (Å²) in [4.78, 5) is 1.91. The highest BCUT2D eigenvalue weighted by atomic mass is 16.5. The highest BCUT2D eigenvalue weighted by Gasteiger charge is 2.10. The van der Waals surface area contributed by atoms with Crippen LogP contribution in [0.1, 0.15) is 11.5 Å². The number of ether oxygens (including phenoxy) is 1. The zero-order valence-corrected chi connectivity index (χ0v) is 11.4. The quantitative estimate of drug-likeness (QED) is 0.849. The summed E-state index contributed by atoms with van der Waals surface area (Å²) in [7, 11) is 5.41. The maximum atomic E-state index is 5.52. The van der Waals surface area contributed by atoms with Crippen molar-refractivity contribution in [2.24, 2.45) is 0 Å². The van der Waals surface area contributed by atoms with Crippen molar-refractivity contribution in [3.05, 3.63) is 35.7 Å². The SMILES string of the molecule is CNCc1nnc(N(C)Cc2ccc(OC)cc2)o1. The Morgan fingerprint density at radius 3 is 2.63 bits per heavy atom. The fourth-order valence-corrected chi connectivity index (χ4v) is 1.69. The Morgan fingerprint density at radius 1 is 1.26 bits per heavy atom. The van der Waals surface area contributed by atoms with E-state index in [4.69, 9.17) is 9.15 Å². The monoisotopic (exact) mass is 262 g/mol. The molecule has 2 aromatic rings. The van der Waals surface area contributed by atoms with Gasteiger partial charge in [-0.2, -0.15) is 0 Å². The van der Waals surface area contributed by atoms with E-state index in [0.29, 0.717) is 25.0 Å². The van der Waals surface area contributed by atoms with Crippen molar-refractivity contribution in [1.82, 2.24) is 15.5 Å². The number of hydrogen-bond acceptors (Lipinski definition) is 6. The molecular weight excluding hydrogens is 244 g/mol. The Morgan fingerprint density at radius 2 is 2.00 bits per heavy atom. The average Bonchev–Trinajstić information content (AvgIpc) is 2.89. The molecule has 6 nitrogen and oxygen atoms in total. The van der Waals surface area contributed by atoms with Crippen LogP contribution >= 0.6 is 0 Å². The molecule has 6 heteroatoms. The Kier molecular flexibility index (Phi) is 4.35. The highest BCUT2D eigenvalue weighted by Crippen LogP contribution is 2.16. The zero-order valence-electron chi connectivity index (χ0n) is 11.4. The Labute approximate surface area is 112 Å². The van der Waals surface area contributed by atoms with Crippen LogP contribution in [0.15, 0.2) is 28.7 Å². The molecule has 2 rings (SSSR count). The average molecular weight is 262 g/mol. The number of anilines is 1. The maximum Gasteiger partial charge on any atom is 0.318 e. The molecule has 1 aromatic heterocycles. The molecular formula is C13H18N4O2. The van der Waals surface area contributed by atoms with Gasteiger partial charge in [0.1, 0.15) is 5.75 Å². The largest absolute Gasteiger partial charge is 0.497 e. The van der Waals surface area contributed by atoms with E-state index in [1.54, 1.807) is 7.11 Å². The van der Waals surface area contributed by atoms with Gasteiger partial charge in [0.15, 0.2) is 0 Å². The lowest BCUT2D eigenvalue weighted by molar-refractivity contribution is 0.414.